The summed E-state index contributed by atoms with van der Waals surface area (Å²) in [5, 5.41) is 0. The highest BCUT2D eigenvalue weighted by Gasteiger charge is 2.19. The van der Waals surface area contributed by atoms with E-state index >= 15 is 0 Å². The van der Waals surface area contributed by atoms with E-state index in [4.69, 9.17) is 18.9 Å². The Bertz CT molecular complexity index is 966. The number of nitrogens with zero attached hydrogens (tertiary/aromatic N) is 2. The molecule has 0 bridgehead atoms. The lowest BCUT2D eigenvalue weighted by molar-refractivity contribution is -0.147. The summed E-state index contributed by atoms with van der Waals surface area (Å²) < 4.78 is 21.9. The third kappa shape index (κ3) is 12.0. The minimum Gasteiger partial charge on any atom is -0.461 e. The summed E-state index contributed by atoms with van der Waals surface area (Å²) in [5.41, 5.74) is 1.78. The first-order chi connectivity index (χ1) is 19.5. The number of carbonyl (C=O) groups is 4. The Morgan fingerprint density at radius 2 is 0.900 bits per heavy atom. The highest BCUT2D eigenvalue weighted by molar-refractivity contribution is 5.82. The number of benzene rings is 2. The molecule has 10 heteroatoms. The number of amides is 2. The van der Waals surface area contributed by atoms with E-state index in [1.165, 1.54) is 0 Å². The number of ether oxygens (including phenoxy) is 4. The second-order valence-electron chi connectivity index (χ2n) is 9.28. The second kappa shape index (κ2) is 17.8. The van der Waals surface area contributed by atoms with E-state index in [0.29, 0.717) is 26.2 Å². The van der Waals surface area contributed by atoms with Crippen molar-refractivity contribution in [1.29, 1.82) is 0 Å². The Hall–Kier alpha value is -3.76. The molecule has 0 unspecified atom stereocenters. The van der Waals surface area contributed by atoms with E-state index in [9.17, 15) is 19.2 Å². The topological polar surface area (TPSA) is 112 Å². The van der Waals surface area contributed by atoms with Crippen LogP contribution in [0.4, 0.5) is 0 Å². The van der Waals surface area contributed by atoms with E-state index in [1.807, 2.05) is 60.7 Å². The van der Waals surface area contributed by atoms with Gasteiger partial charge in [-0.1, -0.05) is 60.7 Å². The van der Waals surface area contributed by atoms with Crippen LogP contribution in [0.3, 0.4) is 0 Å². The van der Waals surface area contributed by atoms with Gasteiger partial charge in [0.15, 0.2) is 0 Å². The van der Waals surface area contributed by atoms with Crippen LogP contribution in [0.1, 0.15) is 36.8 Å². The average molecular weight is 555 g/mol. The van der Waals surface area contributed by atoms with Crippen molar-refractivity contribution >= 4 is 23.8 Å². The molecule has 40 heavy (non-hydrogen) atoms. The van der Waals surface area contributed by atoms with Crippen LogP contribution in [-0.4, -0.2) is 86.2 Å². The van der Waals surface area contributed by atoms with Crippen LogP contribution in [-0.2, 0) is 51.3 Å². The summed E-state index contributed by atoms with van der Waals surface area (Å²) in [6.07, 6.45) is 0.0921. The van der Waals surface area contributed by atoms with Gasteiger partial charge in [-0.15, -0.1) is 0 Å². The number of hydrogen-bond donors (Lipinski definition) is 0. The molecule has 1 heterocycles. The van der Waals surface area contributed by atoms with Crippen molar-refractivity contribution in [3.63, 3.8) is 0 Å². The lowest BCUT2D eigenvalue weighted by atomic mass is 10.2. The molecular formula is C30H38N2O8. The minimum atomic E-state index is -0.423. The lowest BCUT2D eigenvalue weighted by Crippen LogP contribution is -2.40. The molecule has 10 nitrogen and oxygen atoms in total. The van der Waals surface area contributed by atoms with Crippen LogP contribution in [0.25, 0.3) is 0 Å². The summed E-state index contributed by atoms with van der Waals surface area (Å²) in [4.78, 5) is 52.8. The Morgan fingerprint density at radius 3 is 1.25 bits per heavy atom. The highest BCUT2D eigenvalue weighted by atomic mass is 16.5. The van der Waals surface area contributed by atoms with Gasteiger partial charge in [0.05, 0.1) is 39.3 Å². The standard InChI is InChI=1S/C30H38N2O8/c33-27(11-13-29(35)39-23-25-7-3-1-4-8-25)31-15-19-37-21-17-32(18-22-38-20-16-31)28(34)12-14-30(36)40-24-26-9-5-2-6-10-26/h1-10H,11-24H2. The number of rotatable bonds is 10. The largest absolute Gasteiger partial charge is 0.461 e. The van der Waals surface area contributed by atoms with Crippen molar-refractivity contribution in [3.05, 3.63) is 71.8 Å². The number of esters is 2. The number of carbonyl (C=O) groups excluding carboxylic acids is 4. The summed E-state index contributed by atoms with van der Waals surface area (Å²) in [7, 11) is 0. The van der Waals surface area contributed by atoms with Gasteiger partial charge in [-0.3, -0.25) is 19.2 Å². The zero-order valence-corrected chi connectivity index (χ0v) is 22.8. The maximum atomic E-state index is 12.7. The van der Waals surface area contributed by atoms with Crippen LogP contribution < -0.4 is 0 Å². The fraction of sp³-hybridized carbons (Fsp3) is 0.467. The molecule has 0 aliphatic carbocycles. The Morgan fingerprint density at radius 1 is 0.550 bits per heavy atom. The van der Waals surface area contributed by atoms with Crippen LogP contribution in [0, 0.1) is 0 Å². The van der Waals surface area contributed by atoms with Crippen molar-refractivity contribution in [2.75, 3.05) is 52.6 Å². The minimum absolute atomic E-state index is 0.000745. The molecule has 0 aromatic heterocycles. The van der Waals surface area contributed by atoms with Crippen LogP contribution in [0.15, 0.2) is 60.7 Å². The average Bonchev–Trinajstić information content (AvgIpc) is 2.98. The molecule has 0 spiro atoms. The molecule has 216 valence electrons. The Kier molecular flexibility index (Phi) is 13.7. The summed E-state index contributed by atoms with van der Waals surface area (Å²) in [6, 6.07) is 18.7. The van der Waals surface area contributed by atoms with Crippen molar-refractivity contribution in [1.82, 2.24) is 9.80 Å². The first kappa shape index (κ1) is 30.8. The van der Waals surface area contributed by atoms with Gasteiger partial charge in [0.25, 0.3) is 0 Å². The van der Waals surface area contributed by atoms with Gasteiger partial charge in [-0.05, 0) is 11.1 Å². The zero-order chi connectivity index (χ0) is 28.4. The molecule has 3 rings (SSSR count). The fourth-order valence-electron chi connectivity index (χ4n) is 3.98. The third-order valence-electron chi connectivity index (χ3n) is 6.30. The molecule has 1 aliphatic heterocycles. The first-order valence-corrected chi connectivity index (χ1v) is 13.6. The first-order valence-electron chi connectivity index (χ1n) is 13.6. The van der Waals surface area contributed by atoms with E-state index in [2.05, 4.69) is 0 Å². The quantitative estimate of drug-likeness (QED) is 0.412. The predicted molar refractivity (Wildman–Crippen MR) is 146 cm³/mol. The molecule has 2 aromatic carbocycles. The maximum Gasteiger partial charge on any atom is 0.306 e. The second-order valence-corrected chi connectivity index (χ2v) is 9.28. The molecule has 1 fully saturated rings. The Balaban J connectivity index is 1.33. The van der Waals surface area contributed by atoms with E-state index in [0.717, 1.165) is 11.1 Å². The molecule has 0 atom stereocenters. The Labute approximate surface area is 235 Å². The van der Waals surface area contributed by atoms with Gasteiger partial charge < -0.3 is 28.7 Å². The van der Waals surface area contributed by atoms with Gasteiger partial charge in [0.2, 0.25) is 11.8 Å². The molecule has 0 saturated carbocycles. The SMILES string of the molecule is O=C(CCC(=O)N1CCOCCN(C(=O)CCC(=O)OCc2ccccc2)CCOCC1)OCc1ccccc1. The third-order valence-corrected chi connectivity index (χ3v) is 6.30. The maximum absolute atomic E-state index is 12.7. The van der Waals surface area contributed by atoms with Crippen molar-refractivity contribution in [3.8, 4) is 0 Å². The highest BCUT2D eigenvalue weighted by Crippen LogP contribution is 2.07. The molecule has 1 saturated heterocycles. The molecule has 2 aromatic rings. The van der Waals surface area contributed by atoms with E-state index < -0.39 is 11.9 Å². The van der Waals surface area contributed by atoms with Gasteiger partial charge in [0, 0.05) is 39.0 Å². The molecule has 2 amide bonds. The van der Waals surface area contributed by atoms with Crippen LogP contribution in [0.2, 0.25) is 0 Å². The summed E-state index contributed by atoms with van der Waals surface area (Å²) in [5.74, 6) is -1.18. The molecule has 1 aliphatic rings. The zero-order valence-electron chi connectivity index (χ0n) is 22.8. The smallest absolute Gasteiger partial charge is 0.306 e. The fourth-order valence-corrected chi connectivity index (χ4v) is 3.98. The van der Waals surface area contributed by atoms with Crippen LogP contribution >= 0.6 is 0 Å². The normalized spacial score (nSPS) is 14.9. The van der Waals surface area contributed by atoms with Gasteiger partial charge in [0.1, 0.15) is 13.2 Å². The molecular weight excluding hydrogens is 516 g/mol. The van der Waals surface area contributed by atoms with E-state index in [-0.39, 0.29) is 77.1 Å². The molecule has 0 N–H and O–H groups in total. The van der Waals surface area contributed by atoms with Crippen LogP contribution in [0.5, 0.6) is 0 Å². The predicted octanol–water partition coefficient (Wildman–Crippen LogP) is 2.74. The van der Waals surface area contributed by atoms with Crippen molar-refractivity contribution in [2.24, 2.45) is 0 Å². The van der Waals surface area contributed by atoms with Gasteiger partial charge in [-0.25, -0.2) is 0 Å². The molecule has 0 radical (unpaired) electrons. The monoisotopic (exact) mass is 554 g/mol. The van der Waals surface area contributed by atoms with Crippen molar-refractivity contribution < 1.29 is 38.1 Å². The summed E-state index contributed by atoms with van der Waals surface area (Å²) in [6.45, 7) is 2.91. The van der Waals surface area contributed by atoms with Crippen molar-refractivity contribution in [2.45, 2.75) is 38.9 Å². The summed E-state index contributed by atoms with van der Waals surface area (Å²) >= 11 is 0. The lowest BCUT2D eigenvalue weighted by Gasteiger charge is -2.26. The van der Waals surface area contributed by atoms with Gasteiger partial charge in [-0.2, -0.15) is 0 Å². The van der Waals surface area contributed by atoms with E-state index in [1.54, 1.807) is 9.80 Å². The number of hydrogen-bond acceptors (Lipinski definition) is 8. The van der Waals surface area contributed by atoms with Gasteiger partial charge >= 0.3 is 11.9 Å².